The molecule has 0 amide bonds. The molecule has 4 fully saturated rings. The van der Waals surface area contributed by atoms with Gasteiger partial charge in [0.15, 0.2) is 0 Å². The molecule has 0 aliphatic heterocycles. The Morgan fingerprint density at radius 3 is 2.39 bits per heavy atom. The Bertz CT molecular complexity index is 771. The normalized spacial score (nSPS) is 45.5. The fourth-order valence-corrected chi connectivity index (χ4v) is 9.18. The van der Waals surface area contributed by atoms with Gasteiger partial charge in [-0.1, -0.05) is 43.7 Å². The molecule has 9 atom stereocenters. The Kier molecular flexibility index (Phi) is 5.79. The maximum absolute atomic E-state index is 11.3. The van der Waals surface area contributed by atoms with Gasteiger partial charge in [0, 0.05) is 0 Å². The van der Waals surface area contributed by atoms with Gasteiger partial charge in [0.05, 0.1) is 12.2 Å². The van der Waals surface area contributed by atoms with Crippen molar-refractivity contribution < 1.29 is 10.2 Å². The molecule has 0 aromatic heterocycles. The number of hydrogen-bond donors (Lipinski definition) is 2. The van der Waals surface area contributed by atoms with Gasteiger partial charge in [-0.15, -0.1) is 0 Å². The van der Waals surface area contributed by atoms with E-state index < -0.39 is 0 Å². The van der Waals surface area contributed by atoms with Crippen LogP contribution in [-0.2, 0) is 6.42 Å². The molecule has 2 heteroatoms. The average molecular weight is 425 g/mol. The number of rotatable bonds is 4. The highest BCUT2D eigenvalue weighted by Gasteiger charge is 2.60. The van der Waals surface area contributed by atoms with Crippen LogP contribution >= 0.6 is 0 Å². The molecule has 172 valence electrons. The average Bonchev–Trinajstić information content (AvgIpc) is 3.11. The van der Waals surface area contributed by atoms with E-state index in [0.717, 1.165) is 49.4 Å². The van der Waals surface area contributed by atoms with Crippen molar-refractivity contribution in [2.24, 2.45) is 40.4 Å². The van der Waals surface area contributed by atoms with E-state index in [9.17, 15) is 10.2 Å². The minimum atomic E-state index is -0.162. The zero-order chi connectivity index (χ0) is 21.8. The first-order valence-corrected chi connectivity index (χ1v) is 13.2. The number of fused-ring (bicyclic) bond motifs is 5. The summed E-state index contributed by atoms with van der Waals surface area (Å²) in [6.07, 6.45) is 12.9. The predicted octanol–water partition coefficient (Wildman–Crippen LogP) is 6.31. The second-order valence-corrected chi connectivity index (χ2v) is 12.4. The summed E-state index contributed by atoms with van der Waals surface area (Å²) in [6.45, 7) is 7.25. The van der Waals surface area contributed by atoms with E-state index in [1.54, 1.807) is 0 Å². The van der Waals surface area contributed by atoms with E-state index in [1.165, 1.54) is 56.1 Å². The lowest BCUT2D eigenvalue weighted by Crippen LogP contribution is -2.54. The van der Waals surface area contributed by atoms with Gasteiger partial charge < -0.3 is 10.2 Å². The first-order chi connectivity index (χ1) is 14.8. The first kappa shape index (κ1) is 22.0. The first-order valence-electron chi connectivity index (χ1n) is 13.2. The van der Waals surface area contributed by atoms with Crippen molar-refractivity contribution in [2.45, 2.75) is 104 Å². The largest absolute Gasteiger partial charge is 0.393 e. The summed E-state index contributed by atoms with van der Waals surface area (Å²) in [6, 6.07) is 8.84. The van der Waals surface area contributed by atoms with Crippen LogP contribution in [-0.4, -0.2) is 22.4 Å². The molecular weight excluding hydrogens is 380 g/mol. The third-order valence-electron chi connectivity index (χ3n) is 11.0. The van der Waals surface area contributed by atoms with Crippen molar-refractivity contribution in [1.29, 1.82) is 0 Å². The van der Waals surface area contributed by atoms with Gasteiger partial charge in [-0.05, 0) is 124 Å². The molecule has 2 N–H and O–H groups in total. The highest BCUT2D eigenvalue weighted by atomic mass is 16.3. The Balaban J connectivity index is 1.28. The van der Waals surface area contributed by atoms with Crippen LogP contribution in [0.15, 0.2) is 24.3 Å². The van der Waals surface area contributed by atoms with Gasteiger partial charge >= 0.3 is 0 Å². The summed E-state index contributed by atoms with van der Waals surface area (Å²) in [4.78, 5) is 0. The summed E-state index contributed by atoms with van der Waals surface area (Å²) in [5.41, 5.74) is 3.44. The summed E-state index contributed by atoms with van der Waals surface area (Å²) in [5.74, 6) is 3.71. The molecule has 0 heterocycles. The molecule has 0 unspecified atom stereocenters. The van der Waals surface area contributed by atoms with Crippen LogP contribution in [0.25, 0.3) is 0 Å². The smallest absolute Gasteiger partial charge is 0.0576 e. The van der Waals surface area contributed by atoms with E-state index in [2.05, 4.69) is 45.0 Å². The van der Waals surface area contributed by atoms with Crippen LogP contribution < -0.4 is 0 Å². The SMILES string of the molecule is Cc1ccc(CC[C@@H](O)[C@H]2CC[C@H]3[C@@H]4CC[C@H]5C[C@@H](O)CC[C@]5(C)[C@H]4CC[C@]23C)cc1. The molecule has 1 aromatic rings. The number of aliphatic hydroxyl groups excluding tert-OH is 2. The summed E-state index contributed by atoms with van der Waals surface area (Å²) in [5, 5.41) is 21.6. The van der Waals surface area contributed by atoms with Gasteiger partial charge in [-0.2, -0.15) is 0 Å². The van der Waals surface area contributed by atoms with Crippen LogP contribution in [0.5, 0.6) is 0 Å². The maximum Gasteiger partial charge on any atom is 0.0576 e. The summed E-state index contributed by atoms with van der Waals surface area (Å²) < 4.78 is 0. The van der Waals surface area contributed by atoms with E-state index >= 15 is 0 Å². The molecule has 2 nitrogen and oxygen atoms in total. The number of aryl methyl sites for hydroxylation is 2. The third kappa shape index (κ3) is 3.70. The van der Waals surface area contributed by atoms with Gasteiger partial charge in [-0.25, -0.2) is 0 Å². The summed E-state index contributed by atoms with van der Waals surface area (Å²) >= 11 is 0. The Labute approximate surface area is 189 Å². The minimum Gasteiger partial charge on any atom is -0.393 e. The van der Waals surface area contributed by atoms with E-state index in [4.69, 9.17) is 0 Å². The van der Waals surface area contributed by atoms with Gasteiger partial charge in [0.25, 0.3) is 0 Å². The van der Waals surface area contributed by atoms with Crippen molar-refractivity contribution in [2.75, 3.05) is 0 Å². The maximum atomic E-state index is 11.3. The Morgan fingerprint density at radius 2 is 1.61 bits per heavy atom. The lowest BCUT2D eigenvalue weighted by atomic mass is 9.44. The lowest BCUT2D eigenvalue weighted by molar-refractivity contribution is -0.133. The van der Waals surface area contributed by atoms with Gasteiger partial charge in [-0.3, -0.25) is 0 Å². The van der Waals surface area contributed by atoms with Crippen LogP contribution in [0.3, 0.4) is 0 Å². The standard InChI is InChI=1S/C29H44O2/c1-19-4-6-20(7-5-19)8-13-27(31)26-12-11-24-23-10-9-21-18-22(30)14-16-28(21,2)25(23)15-17-29(24,26)3/h4-7,21-27,30-31H,8-18H2,1-3H3/t21-,22-,23-,24-,25-,26+,27+,28-,29-/m0/s1. The zero-order valence-corrected chi connectivity index (χ0v) is 20.0. The quantitative estimate of drug-likeness (QED) is 0.595. The van der Waals surface area contributed by atoms with E-state index in [-0.39, 0.29) is 12.2 Å². The fourth-order valence-electron chi connectivity index (χ4n) is 9.18. The monoisotopic (exact) mass is 424 g/mol. The topological polar surface area (TPSA) is 40.5 Å². The number of benzene rings is 1. The Hall–Kier alpha value is -0.860. The second kappa shape index (κ2) is 8.17. The van der Waals surface area contributed by atoms with Crippen LogP contribution in [0.4, 0.5) is 0 Å². The number of aliphatic hydroxyl groups is 2. The molecule has 0 spiro atoms. The van der Waals surface area contributed by atoms with E-state index in [0.29, 0.717) is 16.7 Å². The van der Waals surface area contributed by atoms with Crippen molar-refractivity contribution in [3.05, 3.63) is 35.4 Å². The molecule has 0 bridgehead atoms. The van der Waals surface area contributed by atoms with Gasteiger partial charge in [0.2, 0.25) is 0 Å². The highest BCUT2D eigenvalue weighted by Crippen LogP contribution is 2.67. The van der Waals surface area contributed by atoms with Crippen molar-refractivity contribution in [3.8, 4) is 0 Å². The van der Waals surface area contributed by atoms with Crippen LogP contribution in [0.2, 0.25) is 0 Å². The molecule has 5 rings (SSSR count). The predicted molar refractivity (Wildman–Crippen MR) is 127 cm³/mol. The van der Waals surface area contributed by atoms with Crippen LogP contribution in [0.1, 0.15) is 89.2 Å². The van der Waals surface area contributed by atoms with Crippen molar-refractivity contribution >= 4 is 0 Å². The molecule has 4 aliphatic carbocycles. The molecule has 31 heavy (non-hydrogen) atoms. The zero-order valence-electron chi connectivity index (χ0n) is 20.0. The molecule has 4 aliphatic rings. The van der Waals surface area contributed by atoms with Crippen LogP contribution in [0, 0.1) is 47.3 Å². The van der Waals surface area contributed by atoms with Gasteiger partial charge in [0.1, 0.15) is 0 Å². The summed E-state index contributed by atoms with van der Waals surface area (Å²) in [7, 11) is 0. The molecule has 1 aromatic carbocycles. The van der Waals surface area contributed by atoms with Crippen molar-refractivity contribution in [3.63, 3.8) is 0 Å². The molecule has 0 saturated heterocycles. The Morgan fingerprint density at radius 1 is 0.903 bits per heavy atom. The number of hydrogen-bond acceptors (Lipinski definition) is 2. The second-order valence-electron chi connectivity index (χ2n) is 12.4. The highest BCUT2D eigenvalue weighted by molar-refractivity contribution is 5.21. The molecular formula is C29H44O2. The third-order valence-corrected chi connectivity index (χ3v) is 11.0. The van der Waals surface area contributed by atoms with E-state index in [1.807, 2.05) is 0 Å². The lowest BCUT2D eigenvalue weighted by Gasteiger charge is -2.61. The van der Waals surface area contributed by atoms with Crippen molar-refractivity contribution in [1.82, 2.24) is 0 Å². The molecule has 0 radical (unpaired) electrons. The minimum absolute atomic E-state index is 0.0528. The molecule has 4 saturated carbocycles. The fraction of sp³-hybridized carbons (Fsp3) is 0.793.